The normalized spacial score (nSPS) is 29.7. The minimum atomic E-state index is 0.241. The van der Waals surface area contributed by atoms with E-state index >= 15 is 0 Å². The van der Waals surface area contributed by atoms with Crippen LogP contribution in [0.15, 0.2) is 10.6 Å². The summed E-state index contributed by atoms with van der Waals surface area (Å²) in [6, 6.07) is 0.272. The smallest absolute Gasteiger partial charge is 0.197 e. The maximum absolute atomic E-state index is 9.53. The summed E-state index contributed by atoms with van der Waals surface area (Å²) >= 11 is 0. The zero-order valence-corrected chi connectivity index (χ0v) is 11.0. The van der Waals surface area contributed by atoms with Crippen LogP contribution in [0.5, 0.6) is 0 Å². The monoisotopic (exact) mass is 250 g/mol. The highest BCUT2D eigenvalue weighted by Crippen LogP contribution is 2.39. The molecule has 1 aliphatic heterocycles. The second-order valence-electron chi connectivity index (χ2n) is 5.78. The Hall–Kier alpha value is -0.870. The lowest BCUT2D eigenvalue weighted by Crippen LogP contribution is -2.45. The van der Waals surface area contributed by atoms with Crippen LogP contribution in [0.2, 0.25) is 0 Å². The Morgan fingerprint density at radius 2 is 2.28 bits per heavy atom. The molecule has 0 radical (unpaired) electrons. The SMILES string of the molecule is C[C@@H]1CCCN(Cc2cnc(C3CC3)o2)[C@@H]1CO. The second-order valence-corrected chi connectivity index (χ2v) is 5.78. The summed E-state index contributed by atoms with van der Waals surface area (Å²) in [7, 11) is 0. The molecule has 3 rings (SSSR count). The number of rotatable bonds is 4. The number of hydrogen-bond donors (Lipinski definition) is 1. The first-order valence-corrected chi connectivity index (χ1v) is 7.07. The number of oxazole rings is 1. The standard InChI is InChI=1S/C14H22N2O2/c1-10-3-2-6-16(13(10)9-17)8-12-7-15-14(18-12)11-4-5-11/h7,10-11,13,17H,2-6,8-9H2,1H3/t10-,13-/m1/s1. The third-order valence-electron chi connectivity index (χ3n) is 4.27. The van der Waals surface area contributed by atoms with Crippen LogP contribution in [-0.2, 0) is 6.54 Å². The Morgan fingerprint density at radius 3 is 3.00 bits per heavy atom. The van der Waals surface area contributed by atoms with E-state index in [-0.39, 0.29) is 12.6 Å². The van der Waals surface area contributed by atoms with Gasteiger partial charge < -0.3 is 9.52 Å². The molecule has 1 aromatic heterocycles. The van der Waals surface area contributed by atoms with Crippen molar-refractivity contribution < 1.29 is 9.52 Å². The molecule has 18 heavy (non-hydrogen) atoms. The van der Waals surface area contributed by atoms with Gasteiger partial charge in [-0.2, -0.15) is 0 Å². The molecule has 0 aromatic carbocycles. The average molecular weight is 250 g/mol. The number of likely N-dealkylation sites (tertiary alicyclic amines) is 1. The fourth-order valence-corrected chi connectivity index (χ4v) is 2.94. The van der Waals surface area contributed by atoms with Gasteiger partial charge in [0.15, 0.2) is 5.89 Å². The molecule has 2 fully saturated rings. The van der Waals surface area contributed by atoms with Crippen LogP contribution in [0.25, 0.3) is 0 Å². The summed E-state index contributed by atoms with van der Waals surface area (Å²) in [6.45, 7) is 4.30. The number of hydrogen-bond acceptors (Lipinski definition) is 4. The zero-order chi connectivity index (χ0) is 12.5. The van der Waals surface area contributed by atoms with Gasteiger partial charge in [-0.05, 0) is 38.1 Å². The molecule has 100 valence electrons. The lowest BCUT2D eigenvalue weighted by molar-refractivity contribution is 0.0424. The van der Waals surface area contributed by atoms with Gasteiger partial charge in [-0.25, -0.2) is 4.98 Å². The predicted octanol–water partition coefficient (Wildman–Crippen LogP) is 2.14. The van der Waals surface area contributed by atoms with Crippen LogP contribution in [0.3, 0.4) is 0 Å². The molecule has 2 aliphatic rings. The quantitative estimate of drug-likeness (QED) is 0.889. The summed E-state index contributed by atoms with van der Waals surface area (Å²) in [4.78, 5) is 6.70. The minimum absolute atomic E-state index is 0.241. The van der Waals surface area contributed by atoms with Gasteiger partial charge in [-0.1, -0.05) is 6.92 Å². The van der Waals surface area contributed by atoms with Crippen LogP contribution < -0.4 is 0 Å². The molecule has 4 heteroatoms. The van der Waals surface area contributed by atoms with Crippen LogP contribution in [-0.4, -0.2) is 34.2 Å². The van der Waals surface area contributed by atoms with E-state index < -0.39 is 0 Å². The predicted molar refractivity (Wildman–Crippen MR) is 68.2 cm³/mol. The van der Waals surface area contributed by atoms with Crippen molar-refractivity contribution >= 4 is 0 Å². The maximum Gasteiger partial charge on any atom is 0.197 e. The molecular formula is C14H22N2O2. The lowest BCUT2D eigenvalue weighted by atomic mass is 9.91. The Labute approximate surface area is 108 Å². The Bertz CT molecular complexity index is 400. The van der Waals surface area contributed by atoms with Crippen LogP contribution in [0.1, 0.15) is 50.2 Å². The van der Waals surface area contributed by atoms with Crippen molar-refractivity contribution in [3.8, 4) is 0 Å². The molecule has 2 heterocycles. The molecule has 2 atom stereocenters. The van der Waals surface area contributed by atoms with Gasteiger partial charge in [0.25, 0.3) is 0 Å². The summed E-state index contributed by atoms with van der Waals surface area (Å²) in [5.74, 6) is 3.00. The van der Waals surface area contributed by atoms with Gasteiger partial charge in [0.2, 0.25) is 0 Å². The number of aromatic nitrogens is 1. The largest absolute Gasteiger partial charge is 0.444 e. The summed E-state index contributed by atoms with van der Waals surface area (Å²) < 4.78 is 5.80. The van der Waals surface area contributed by atoms with Crippen LogP contribution in [0.4, 0.5) is 0 Å². The number of aliphatic hydroxyl groups is 1. The van der Waals surface area contributed by atoms with E-state index in [1.165, 1.54) is 25.7 Å². The Balaban J connectivity index is 1.65. The molecule has 1 saturated heterocycles. The van der Waals surface area contributed by atoms with E-state index in [2.05, 4.69) is 16.8 Å². The first-order chi connectivity index (χ1) is 8.78. The molecule has 0 spiro atoms. The highest BCUT2D eigenvalue weighted by Gasteiger charge is 2.31. The Morgan fingerprint density at radius 1 is 1.44 bits per heavy atom. The van der Waals surface area contributed by atoms with E-state index in [0.717, 1.165) is 24.7 Å². The van der Waals surface area contributed by atoms with E-state index in [1.54, 1.807) is 0 Å². The first kappa shape index (κ1) is 12.2. The highest BCUT2D eigenvalue weighted by atomic mass is 16.4. The summed E-state index contributed by atoms with van der Waals surface area (Å²) in [5.41, 5.74) is 0. The van der Waals surface area contributed by atoms with Crippen molar-refractivity contribution in [3.63, 3.8) is 0 Å². The fourth-order valence-electron chi connectivity index (χ4n) is 2.94. The van der Waals surface area contributed by atoms with Gasteiger partial charge >= 0.3 is 0 Å². The first-order valence-electron chi connectivity index (χ1n) is 7.07. The van der Waals surface area contributed by atoms with Crippen LogP contribution in [0, 0.1) is 5.92 Å². The molecule has 1 saturated carbocycles. The second kappa shape index (κ2) is 5.02. The Kier molecular flexibility index (Phi) is 3.39. The van der Waals surface area contributed by atoms with Gasteiger partial charge in [0, 0.05) is 12.0 Å². The third kappa shape index (κ3) is 2.45. The van der Waals surface area contributed by atoms with Crippen molar-refractivity contribution in [2.45, 2.75) is 51.1 Å². The van der Waals surface area contributed by atoms with E-state index in [4.69, 9.17) is 4.42 Å². The van der Waals surface area contributed by atoms with Gasteiger partial charge in [0.05, 0.1) is 19.3 Å². The van der Waals surface area contributed by atoms with Crippen molar-refractivity contribution in [2.24, 2.45) is 5.92 Å². The van der Waals surface area contributed by atoms with Crippen molar-refractivity contribution in [3.05, 3.63) is 17.8 Å². The zero-order valence-electron chi connectivity index (χ0n) is 11.0. The molecular weight excluding hydrogens is 228 g/mol. The number of piperidine rings is 1. The maximum atomic E-state index is 9.53. The molecule has 0 bridgehead atoms. The van der Waals surface area contributed by atoms with E-state index in [1.807, 2.05) is 6.20 Å². The molecule has 0 unspecified atom stereocenters. The summed E-state index contributed by atoms with van der Waals surface area (Å²) in [6.07, 6.45) is 6.73. The molecule has 1 aromatic rings. The third-order valence-corrected chi connectivity index (χ3v) is 4.27. The number of nitrogens with zero attached hydrogens (tertiary/aromatic N) is 2. The van der Waals surface area contributed by atoms with Crippen molar-refractivity contribution in [2.75, 3.05) is 13.2 Å². The van der Waals surface area contributed by atoms with Gasteiger partial charge in [0.1, 0.15) is 5.76 Å². The minimum Gasteiger partial charge on any atom is -0.444 e. The number of aliphatic hydroxyl groups excluding tert-OH is 1. The molecule has 1 aliphatic carbocycles. The highest BCUT2D eigenvalue weighted by molar-refractivity contribution is 5.05. The van der Waals surface area contributed by atoms with Crippen molar-refractivity contribution in [1.29, 1.82) is 0 Å². The topological polar surface area (TPSA) is 49.5 Å². The molecule has 1 N–H and O–H groups in total. The van der Waals surface area contributed by atoms with Gasteiger partial charge in [-0.15, -0.1) is 0 Å². The van der Waals surface area contributed by atoms with E-state index in [0.29, 0.717) is 11.8 Å². The van der Waals surface area contributed by atoms with Gasteiger partial charge in [-0.3, -0.25) is 4.90 Å². The molecule has 0 amide bonds. The fraction of sp³-hybridized carbons (Fsp3) is 0.786. The molecule has 4 nitrogen and oxygen atoms in total. The van der Waals surface area contributed by atoms with E-state index in [9.17, 15) is 5.11 Å². The lowest BCUT2D eigenvalue weighted by Gasteiger charge is -2.38. The summed E-state index contributed by atoms with van der Waals surface area (Å²) in [5, 5.41) is 9.53. The van der Waals surface area contributed by atoms with Crippen molar-refractivity contribution in [1.82, 2.24) is 9.88 Å². The van der Waals surface area contributed by atoms with Crippen LogP contribution >= 0.6 is 0 Å². The average Bonchev–Trinajstić information content (AvgIpc) is 3.11.